The van der Waals surface area contributed by atoms with Gasteiger partial charge < -0.3 is 15.2 Å². The maximum Gasteiger partial charge on any atom is 0.407 e. The molecular weight excluding hydrogens is 206 g/mol. The lowest BCUT2D eigenvalue weighted by molar-refractivity contribution is 0.0449. The summed E-state index contributed by atoms with van der Waals surface area (Å²) in [5.41, 5.74) is -0.592. The van der Waals surface area contributed by atoms with Gasteiger partial charge in [0, 0.05) is 12.6 Å². The molecule has 0 heterocycles. The summed E-state index contributed by atoms with van der Waals surface area (Å²) < 4.78 is 5.18. The van der Waals surface area contributed by atoms with E-state index in [2.05, 4.69) is 5.32 Å². The van der Waals surface area contributed by atoms with Gasteiger partial charge in [0.25, 0.3) is 0 Å². The van der Waals surface area contributed by atoms with Crippen molar-refractivity contribution in [2.24, 2.45) is 5.41 Å². The van der Waals surface area contributed by atoms with Crippen LogP contribution >= 0.6 is 0 Å². The van der Waals surface area contributed by atoms with Crippen LogP contribution in [-0.2, 0) is 4.74 Å². The van der Waals surface area contributed by atoms with Gasteiger partial charge in [0.05, 0.1) is 0 Å². The monoisotopic (exact) mass is 231 g/mol. The number of aliphatic hydroxyl groups is 1. The first-order valence-corrected chi connectivity index (χ1v) is 5.66. The molecule has 0 aromatic carbocycles. The Morgan fingerprint density at radius 1 is 1.25 bits per heavy atom. The predicted octanol–water partition coefficient (Wildman–Crippen LogP) is 2.31. The number of aliphatic hydroxyl groups excluding tert-OH is 1. The van der Waals surface area contributed by atoms with E-state index in [1.165, 1.54) is 0 Å². The fourth-order valence-corrected chi connectivity index (χ4v) is 1.30. The van der Waals surface area contributed by atoms with Crippen LogP contribution in [0.25, 0.3) is 0 Å². The fraction of sp³-hybridized carbons (Fsp3) is 0.917. The molecule has 0 saturated heterocycles. The molecule has 0 spiro atoms. The Balaban J connectivity index is 4.36. The van der Waals surface area contributed by atoms with Crippen LogP contribution in [-0.4, -0.2) is 29.4 Å². The molecule has 0 rings (SSSR count). The van der Waals surface area contributed by atoms with E-state index in [9.17, 15) is 4.79 Å². The Labute approximate surface area is 98.4 Å². The summed E-state index contributed by atoms with van der Waals surface area (Å²) in [5.74, 6) is 0. The van der Waals surface area contributed by atoms with Gasteiger partial charge in [-0.2, -0.15) is 0 Å². The third-order valence-electron chi connectivity index (χ3n) is 2.15. The van der Waals surface area contributed by atoms with E-state index in [4.69, 9.17) is 9.84 Å². The molecule has 0 bridgehead atoms. The maximum atomic E-state index is 11.6. The van der Waals surface area contributed by atoms with Gasteiger partial charge in [-0.25, -0.2) is 4.79 Å². The van der Waals surface area contributed by atoms with Gasteiger partial charge in [0.2, 0.25) is 0 Å². The second-order valence-corrected chi connectivity index (χ2v) is 6.08. The second-order valence-electron chi connectivity index (χ2n) is 6.08. The number of hydrogen-bond donors (Lipinski definition) is 2. The van der Waals surface area contributed by atoms with Crippen molar-refractivity contribution in [1.29, 1.82) is 0 Å². The first-order chi connectivity index (χ1) is 7.06. The zero-order chi connectivity index (χ0) is 13.0. The molecule has 96 valence electrons. The topological polar surface area (TPSA) is 58.6 Å². The Hall–Kier alpha value is -0.770. The quantitative estimate of drug-likeness (QED) is 0.783. The highest BCUT2D eigenvalue weighted by atomic mass is 16.6. The molecule has 0 aliphatic heterocycles. The Kier molecular flexibility index (Phi) is 5.26. The Morgan fingerprint density at radius 3 is 2.06 bits per heavy atom. The van der Waals surface area contributed by atoms with E-state index in [-0.39, 0.29) is 18.1 Å². The van der Waals surface area contributed by atoms with Crippen molar-refractivity contribution < 1.29 is 14.6 Å². The molecule has 16 heavy (non-hydrogen) atoms. The van der Waals surface area contributed by atoms with E-state index in [0.717, 1.165) is 0 Å². The number of alkyl carbamates (subject to hydrolysis) is 1. The lowest BCUT2D eigenvalue weighted by Crippen LogP contribution is -2.46. The number of amides is 1. The lowest BCUT2D eigenvalue weighted by Gasteiger charge is -2.32. The van der Waals surface area contributed by atoms with E-state index in [0.29, 0.717) is 6.42 Å². The molecule has 2 N–H and O–H groups in total. The summed E-state index contributed by atoms with van der Waals surface area (Å²) >= 11 is 0. The zero-order valence-electron chi connectivity index (χ0n) is 11.3. The van der Waals surface area contributed by atoms with Crippen LogP contribution in [0.2, 0.25) is 0 Å². The van der Waals surface area contributed by atoms with Gasteiger partial charge in [0.15, 0.2) is 0 Å². The molecule has 0 aromatic heterocycles. The van der Waals surface area contributed by atoms with Crippen LogP contribution in [0.1, 0.15) is 48.0 Å². The maximum absolute atomic E-state index is 11.6. The molecule has 0 saturated carbocycles. The van der Waals surface area contributed by atoms with Crippen LogP contribution in [0.5, 0.6) is 0 Å². The zero-order valence-corrected chi connectivity index (χ0v) is 11.3. The first-order valence-electron chi connectivity index (χ1n) is 5.66. The van der Waals surface area contributed by atoms with Crippen molar-refractivity contribution in [1.82, 2.24) is 5.32 Å². The van der Waals surface area contributed by atoms with Gasteiger partial charge in [-0.05, 0) is 32.6 Å². The van der Waals surface area contributed by atoms with Crippen molar-refractivity contribution in [3.8, 4) is 0 Å². The smallest absolute Gasteiger partial charge is 0.407 e. The highest BCUT2D eigenvalue weighted by molar-refractivity contribution is 5.68. The fourth-order valence-electron chi connectivity index (χ4n) is 1.30. The van der Waals surface area contributed by atoms with Crippen LogP contribution in [0.15, 0.2) is 0 Å². The van der Waals surface area contributed by atoms with Gasteiger partial charge >= 0.3 is 6.09 Å². The van der Waals surface area contributed by atoms with Gasteiger partial charge in [-0.15, -0.1) is 0 Å². The first kappa shape index (κ1) is 15.2. The van der Waals surface area contributed by atoms with E-state index < -0.39 is 11.7 Å². The lowest BCUT2D eigenvalue weighted by atomic mass is 9.85. The largest absolute Gasteiger partial charge is 0.444 e. The minimum atomic E-state index is -0.494. The van der Waals surface area contributed by atoms with Crippen molar-refractivity contribution in [3.05, 3.63) is 0 Å². The summed E-state index contributed by atoms with van der Waals surface area (Å²) in [6, 6.07) is -0.0904. The summed E-state index contributed by atoms with van der Waals surface area (Å²) in [7, 11) is 0. The number of hydrogen-bond acceptors (Lipinski definition) is 3. The highest BCUT2D eigenvalue weighted by Gasteiger charge is 2.27. The molecule has 0 unspecified atom stereocenters. The molecule has 0 aliphatic rings. The van der Waals surface area contributed by atoms with Gasteiger partial charge in [-0.3, -0.25) is 0 Å². The summed E-state index contributed by atoms with van der Waals surface area (Å²) in [6.07, 6.45) is 0.101. The minimum absolute atomic E-state index is 0.0533. The van der Waals surface area contributed by atoms with E-state index >= 15 is 0 Å². The van der Waals surface area contributed by atoms with Crippen LogP contribution in [0.3, 0.4) is 0 Å². The van der Waals surface area contributed by atoms with Crippen LogP contribution in [0.4, 0.5) is 4.79 Å². The number of carbonyl (C=O) groups is 1. The summed E-state index contributed by atoms with van der Waals surface area (Å²) in [4.78, 5) is 11.6. The normalized spacial score (nSPS) is 14.4. The second kappa shape index (κ2) is 5.53. The predicted molar refractivity (Wildman–Crippen MR) is 64.3 cm³/mol. The number of ether oxygens (including phenoxy) is 1. The van der Waals surface area contributed by atoms with Crippen molar-refractivity contribution in [3.63, 3.8) is 0 Å². The van der Waals surface area contributed by atoms with Crippen LogP contribution < -0.4 is 5.32 Å². The van der Waals surface area contributed by atoms with E-state index in [1.54, 1.807) is 0 Å². The van der Waals surface area contributed by atoms with Gasteiger partial charge in [0.1, 0.15) is 5.60 Å². The number of rotatable bonds is 3. The third kappa shape index (κ3) is 6.67. The van der Waals surface area contributed by atoms with Crippen molar-refractivity contribution in [2.45, 2.75) is 59.6 Å². The van der Waals surface area contributed by atoms with Crippen LogP contribution in [0, 0.1) is 5.41 Å². The molecule has 0 aliphatic carbocycles. The summed E-state index contributed by atoms with van der Waals surface area (Å²) in [5, 5.41) is 11.7. The van der Waals surface area contributed by atoms with E-state index in [1.807, 2.05) is 41.5 Å². The molecular formula is C12H25NO3. The summed E-state index contributed by atoms with van der Waals surface area (Å²) in [6.45, 7) is 11.6. The van der Waals surface area contributed by atoms with Crippen molar-refractivity contribution >= 4 is 6.09 Å². The molecule has 4 nitrogen and oxygen atoms in total. The third-order valence-corrected chi connectivity index (χ3v) is 2.15. The average Bonchev–Trinajstić information content (AvgIpc) is 1.97. The standard InChI is InChI=1S/C12H25NO3/c1-11(2,3)9(7-8-14)13-10(15)16-12(4,5)6/h9,14H,7-8H2,1-6H3,(H,13,15)/t9-/m1/s1. The number of carbonyl (C=O) groups excluding carboxylic acids is 1. The SMILES string of the molecule is CC(C)(C)OC(=O)N[C@H](CCO)C(C)(C)C. The molecule has 1 amide bonds. The average molecular weight is 231 g/mol. The van der Waals surface area contributed by atoms with Crippen molar-refractivity contribution in [2.75, 3.05) is 6.61 Å². The molecule has 4 heteroatoms. The molecule has 0 radical (unpaired) electrons. The Morgan fingerprint density at radius 2 is 1.75 bits per heavy atom. The highest BCUT2D eigenvalue weighted by Crippen LogP contribution is 2.22. The minimum Gasteiger partial charge on any atom is -0.444 e. The molecule has 0 fully saturated rings. The Bertz CT molecular complexity index is 225. The molecule has 1 atom stereocenters. The molecule has 0 aromatic rings. The number of nitrogens with one attached hydrogen (secondary N) is 1. The van der Waals surface area contributed by atoms with Gasteiger partial charge in [-0.1, -0.05) is 20.8 Å².